The van der Waals surface area contributed by atoms with E-state index in [1.807, 2.05) is 32.0 Å². The Morgan fingerprint density at radius 1 is 1.31 bits per heavy atom. The number of pyridine rings is 1. The summed E-state index contributed by atoms with van der Waals surface area (Å²) in [7, 11) is 0. The molecule has 1 N–H and O–H groups in total. The molecule has 0 amide bonds. The normalized spacial score (nSPS) is 12.4. The number of rotatable bonds is 3. The van der Waals surface area contributed by atoms with E-state index in [0.29, 0.717) is 0 Å². The zero-order valence-electron chi connectivity index (χ0n) is 9.82. The highest BCUT2D eigenvalue weighted by molar-refractivity contribution is 5.38. The van der Waals surface area contributed by atoms with E-state index in [-0.39, 0.29) is 6.04 Å². The number of aryl methyl sites for hydroxylation is 2. The summed E-state index contributed by atoms with van der Waals surface area (Å²) < 4.78 is 5.51. The highest BCUT2D eigenvalue weighted by Crippen LogP contribution is 2.23. The van der Waals surface area contributed by atoms with E-state index in [2.05, 4.69) is 23.3 Å². The van der Waals surface area contributed by atoms with Gasteiger partial charge in [0.25, 0.3) is 0 Å². The molecule has 0 aliphatic carbocycles. The van der Waals surface area contributed by atoms with Crippen molar-refractivity contribution in [1.82, 2.24) is 4.98 Å². The number of aromatic nitrogens is 1. The van der Waals surface area contributed by atoms with Crippen molar-refractivity contribution in [3.63, 3.8) is 0 Å². The van der Waals surface area contributed by atoms with Gasteiger partial charge in [-0.1, -0.05) is 6.07 Å². The molecule has 0 aliphatic rings. The summed E-state index contributed by atoms with van der Waals surface area (Å²) in [5.74, 6) is 2.80. The minimum Gasteiger partial charge on any atom is -0.466 e. The van der Waals surface area contributed by atoms with Crippen molar-refractivity contribution >= 4 is 5.82 Å². The third-order valence-electron chi connectivity index (χ3n) is 2.58. The minimum absolute atomic E-state index is 0.201. The summed E-state index contributed by atoms with van der Waals surface area (Å²) in [6.45, 7) is 6.05. The van der Waals surface area contributed by atoms with Crippen LogP contribution in [0.4, 0.5) is 5.82 Å². The molecule has 2 aromatic rings. The van der Waals surface area contributed by atoms with Crippen LogP contribution in [0.25, 0.3) is 0 Å². The van der Waals surface area contributed by atoms with E-state index in [0.717, 1.165) is 17.3 Å². The molecule has 3 heteroatoms. The molecule has 0 saturated carbocycles. The van der Waals surface area contributed by atoms with Gasteiger partial charge in [0.1, 0.15) is 17.3 Å². The van der Waals surface area contributed by atoms with Crippen molar-refractivity contribution in [2.24, 2.45) is 0 Å². The summed E-state index contributed by atoms with van der Waals surface area (Å²) in [4.78, 5) is 4.24. The van der Waals surface area contributed by atoms with Gasteiger partial charge >= 0.3 is 0 Å². The summed E-state index contributed by atoms with van der Waals surface area (Å²) in [5, 5.41) is 3.34. The van der Waals surface area contributed by atoms with E-state index in [1.165, 1.54) is 5.56 Å². The molecule has 2 aromatic heterocycles. The fraction of sp³-hybridized carbons (Fsp3) is 0.308. The molecule has 0 fully saturated rings. The van der Waals surface area contributed by atoms with Crippen molar-refractivity contribution < 1.29 is 4.42 Å². The van der Waals surface area contributed by atoms with E-state index in [1.54, 1.807) is 6.20 Å². The second kappa shape index (κ2) is 4.39. The van der Waals surface area contributed by atoms with Crippen molar-refractivity contribution in [2.45, 2.75) is 26.8 Å². The zero-order chi connectivity index (χ0) is 11.5. The molecule has 2 rings (SSSR count). The topological polar surface area (TPSA) is 38.1 Å². The van der Waals surface area contributed by atoms with Gasteiger partial charge in [0.2, 0.25) is 0 Å². The Balaban J connectivity index is 2.14. The van der Waals surface area contributed by atoms with Crippen molar-refractivity contribution in [2.75, 3.05) is 5.32 Å². The average Bonchev–Trinajstić information content (AvgIpc) is 2.59. The van der Waals surface area contributed by atoms with Crippen molar-refractivity contribution in [3.8, 4) is 0 Å². The fourth-order valence-corrected chi connectivity index (χ4v) is 1.83. The molecule has 0 aromatic carbocycles. The molecular formula is C13H16N2O. The monoisotopic (exact) mass is 216 g/mol. The predicted octanol–water partition coefficient (Wildman–Crippen LogP) is 3.46. The van der Waals surface area contributed by atoms with Crippen molar-refractivity contribution in [3.05, 3.63) is 47.5 Å². The fourth-order valence-electron chi connectivity index (χ4n) is 1.83. The van der Waals surface area contributed by atoms with Gasteiger partial charge in [-0.25, -0.2) is 4.98 Å². The number of hydrogen-bond acceptors (Lipinski definition) is 3. The second-order valence-corrected chi connectivity index (χ2v) is 3.95. The van der Waals surface area contributed by atoms with Gasteiger partial charge in [0.05, 0.1) is 6.04 Å². The maximum atomic E-state index is 5.51. The molecule has 1 atom stereocenters. The molecule has 3 nitrogen and oxygen atoms in total. The Morgan fingerprint density at radius 2 is 2.12 bits per heavy atom. The SMILES string of the molecule is Cc1cc(C(C)Nc2ccccn2)c(C)o1. The predicted molar refractivity (Wildman–Crippen MR) is 64.5 cm³/mol. The molecule has 0 spiro atoms. The number of anilines is 1. The Labute approximate surface area is 95.5 Å². The summed E-state index contributed by atoms with van der Waals surface area (Å²) >= 11 is 0. The van der Waals surface area contributed by atoms with Crippen LogP contribution in [0.15, 0.2) is 34.9 Å². The lowest BCUT2D eigenvalue weighted by Gasteiger charge is -2.13. The van der Waals surface area contributed by atoms with Crippen LogP contribution in [0.3, 0.4) is 0 Å². The van der Waals surface area contributed by atoms with Gasteiger partial charge in [-0.3, -0.25) is 0 Å². The Morgan fingerprint density at radius 3 is 2.69 bits per heavy atom. The first kappa shape index (κ1) is 10.7. The van der Waals surface area contributed by atoms with E-state index in [9.17, 15) is 0 Å². The van der Waals surface area contributed by atoms with Gasteiger partial charge in [0.15, 0.2) is 0 Å². The lowest BCUT2D eigenvalue weighted by molar-refractivity contribution is 0.500. The third kappa shape index (κ3) is 2.24. The van der Waals surface area contributed by atoms with Crippen LogP contribution < -0.4 is 5.32 Å². The van der Waals surface area contributed by atoms with Gasteiger partial charge in [-0.15, -0.1) is 0 Å². The maximum Gasteiger partial charge on any atom is 0.126 e. The van der Waals surface area contributed by atoms with Gasteiger partial charge in [-0.05, 0) is 39.0 Å². The molecule has 0 saturated heterocycles. The molecule has 0 bridgehead atoms. The molecule has 16 heavy (non-hydrogen) atoms. The lowest BCUT2D eigenvalue weighted by atomic mass is 10.1. The van der Waals surface area contributed by atoms with Crippen LogP contribution >= 0.6 is 0 Å². The number of nitrogens with one attached hydrogen (secondary N) is 1. The lowest BCUT2D eigenvalue weighted by Crippen LogP contribution is -2.07. The van der Waals surface area contributed by atoms with Crippen LogP contribution in [0, 0.1) is 13.8 Å². The van der Waals surface area contributed by atoms with Crippen molar-refractivity contribution in [1.29, 1.82) is 0 Å². The largest absolute Gasteiger partial charge is 0.466 e. The van der Waals surface area contributed by atoms with E-state index >= 15 is 0 Å². The van der Waals surface area contributed by atoms with Crippen LogP contribution in [0.1, 0.15) is 30.0 Å². The maximum absolute atomic E-state index is 5.51. The average molecular weight is 216 g/mol. The molecular weight excluding hydrogens is 200 g/mol. The minimum atomic E-state index is 0.201. The number of furan rings is 1. The van der Waals surface area contributed by atoms with Crippen LogP contribution in [-0.4, -0.2) is 4.98 Å². The third-order valence-corrected chi connectivity index (χ3v) is 2.58. The van der Waals surface area contributed by atoms with Gasteiger partial charge in [0, 0.05) is 11.8 Å². The van der Waals surface area contributed by atoms with Crippen LogP contribution in [0.5, 0.6) is 0 Å². The van der Waals surface area contributed by atoms with Crippen LogP contribution in [-0.2, 0) is 0 Å². The molecule has 1 unspecified atom stereocenters. The van der Waals surface area contributed by atoms with Gasteiger partial charge in [-0.2, -0.15) is 0 Å². The first-order valence-electron chi connectivity index (χ1n) is 5.41. The quantitative estimate of drug-likeness (QED) is 0.853. The first-order valence-corrected chi connectivity index (χ1v) is 5.41. The van der Waals surface area contributed by atoms with E-state index < -0.39 is 0 Å². The Hall–Kier alpha value is -1.77. The van der Waals surface area contributed by atoms with E-state index in [4.69, 9.17) is 4.42 Å². The Bertz CT molecular complexity index is 462. The summed E-state index contributed by atoms with van der Waals surface area (Å²) in [6.07, 6.45) is 1.78. The molecule has 0 aliphatic heterocycles. The first-order chi connectivity index (χ1) is 7.66. The molecule has 84 valence electrons. The molecule has 2 heterocycles. The highest BCUT2D eigenvalue weighted by Gasteiger charge is 2.12. The second-order valence-electron chi connectivity index (χ2n) is 3.95. The number of nitrogens with zero attached hydrogens (tertiary/aromatic N) is 1. The summed E-state index contributed by atoms with van der Waals surface area (Å²) in [6, 6.07) is 8.10. The highest BCUT2D eigenvalue weighted by atomic mass is 16.3. The van der Waals surface area contributed by atoms with Gasteiger partial charge < -0.3 is 9.73 Å². The zero-order valence-corrected chi connectivity index (χ0v) is 9.82. The Kier molecular flexibility index (Phi) is 2.95. The van der Waals surface area contributed by atoms with Crippen LogP contribution in [0.2, 0.25) is 0 Å². The standard InChI is InChI=1S/C13H16N2O/c1-9-8-12(11(3)16-9)10(2)15-13-6-4-5-7-14-13/h4-8,10H,1-3H3,(H,14,15). The summed E-state index contributed by atoms with van der Waals surface area (Å²) in [5.41, 5.74) is 1.18. The molecule has 0 radical (unpaired) electrons. The smallest absolute Gasteiger partial charge is 0.126 e. The number of hydrogen-bond donors (Lipinski definition) is 1.